The molecule has 98 valence electrons. The van der Waals surface area contributed by atoms with Gasteiger partial charge in [0, 0.05) is 13.2 Å². The van der Waals surface area contributed by atoms with E-state index in [0.717, 1.165) is 0 Å². The minimum Gasteiger partial charge on any atom is -0.392 e. The molecule has 4 N–H and O–H groups in total. The van der Waals surface area contributed by atoms with E-state index in [1.807, 2.05) is 0 Å². The fourth-order valence-electron chi connectivity index (χ4n) is 0.860. The number of hydrogen-bond acceptors (Lipinski definition) is 7. The van der Waals surface area contributed by atoms with Crippen molar-refractivity contribution in [1.82, 2.24) is 0 Å². The highest BCUT2D eigenvalue weighted by atomic mass is 32.2. The van der Waals surface area contributed by atoms with Gasteiger partial charge in [0.15, 0.2) is 0 Å². The quantitative estimate of drug-likeness (QED) is 0.204. The van der Waals surface area contributed by atoms with Gasteiger partial charge in [-0.05, 0) is 6.42 Å². The Bertz CT molecular complexity index is 266. The van der Waals surface area contributed by atoms with Crippen molar-refractivity contribution < 1.29 is 36.8 Å². The lowest BCUT2D eigenvalue weighted by Gasteiger charge is -2.09. The van der Waals surface area contributed by atoms with Crippen LogP contribution in [0.3, 0.4) is 0 Å². The maximum Gasteiger partial charge on any atom is 0.478 e. The molecule has 10 heteroatoms. The third-order valence-corrected chi connectivity index (χ3v) is 2.75. The van der Waals surface area contributed by atoms with E-state index in [4.69, 9.17) is 24.0 Å². The van der Waals surface area contributed by atoms with Gasteiger partial charge in [0.2, 0.25) is 0 Å². The Balaban J connectivity index is 3.38. The lowest BCUT2D eigenvalue weighted by molar-refractivity contribution is 0.0395. The second kappa shape index (κ2) is 8.08. The summed E-state index contributed by atoms with van der Waals surface area (Å²) in [5.74, 6) is -0.772. The van der Waals surface area contributed by atoms with Crippen LogP contribution in [0.4, 0.5) is 0 Å². The molecular weight excluding hydrogens is 260 g/mol. The number of ether oxygens (including phenoxy) is 1. The minimum atomic E-state index is -4.20. The summed E-state index contributed by atoms with van der Waals surface area (Å²) in [7, 11) is -7.19. The van der Waals surface area contributed by atoms with E-state index in [1.54, 1.807) is 0 Å². The van der Waals surface area contributed by atoms with Crippen molar-refractivity contribution in [1.29, 1.82) is 0 Å². The molecule has 0 radical (unpaired) electrons. The van der Waals surface area contributed by atoms with E-state index in [9.17, 15) is 8.42 Å². The molecule has 0 rings (SSSR count). The summed E-state index contributed by atoms with van der Waals surface area (Å²) in [5.41, 5.74) is 0. The van der Waals surface area contributed by atoms with E-state index in [-0.39, 0.29) is 19.8 Å². The predicted molar refractivity (Wildman–Crippen MR) is 55.4 cm³/mol. The summed E-state index contributed by atoms with van der Waals surface area (Å²) in [6.07, 6.45) is -0.892. The SMILES string of the molecule is O=S(=O)(O)CC(O)COCCCO[SiH](O)O. The molecule has 0 fully saturated rings. The number of aliphatic hydroxyl groups excluding tert-OH is 1. The first-order valence-electron chi connectivity index (χ1n) is 4.50. The number of rotatable bonds is 9. The van der Waals surface area contributed by atoms with Crippen LogP contribution in [0.25, 0.3) is 0 Å². The molecule has 16 heavy (non-hydrogen) atoms. The van der Waals surface area contributed by atoms with Gasteiger partial charge in [0.1, 0.15) is 5.75 Å². The summed E-state index contributed by atoms with van der Waals surface area (Å²) in [6.45, 7) is 0.0842. The molecule has 0 aromatic carbocycles. The summed E-state index contributed by atoms with van der Waals surface area (Å²) in [4.78, 5) is 16.8. The summed E-state index contributed by atoms with van der Waals surface area (Å²) >= 11 is 0. The second-order valence-corrected chi connectivity index (χ2v) is 5.51. The van der Waals surface area contributed by atoms with Crippen LogP contribution < -0.4 is 0 Å². The van der Waals surface area contributed by atoms with E-state index < -0.39 is 31.5 Å². The molecule has 0 saturated heterocycles. The average Bonchev–Trinajstić information content (AvgIpc) is 2.07. The van der Waals surface area contributed by atoms with Crippen LogP contribution in [0.1, 0.15) is 6.42 Å². The Morgan fingerprint density at radius 2 is 1.88 bits per heavy atom. The average molecular weight is 276 g/mol. The minimum absolute atomic E-state index is 0.123. The van der Waals surface area contributed by atoms with Crippen LogP contribution in [-0.4, -0.2) is 68.9 Å². The largest absolute Gasteiger partial charge is 0.478 e. The third kappa shape index (κ3) is 12.0. The molecule has 0 bridgehead atoms. The molecule has 0 aromatic rings. The zero-order chi connectivity index (χ0) is 12.6. The topological polar surface area (TPSA) is 134 Å². The van der Waals surface area contributed by atoms with Crippen molar-refractivity contribution in [3.63, 3.8) is 0 Å². The Hall–Kier alpha value is -0.0731. The molecule has 1 atom stereocenters. The molecule has 0 spiro atoms. The van der Waals surface area contributed by atoms with Gasteiger partial charge in [-0.15, -0.1) is 0 Å². The van der Waals surface area contributed by atoms with Gasteiger partial charge in [0.05, 0.1) is 12.7 Å². The van der Waals surface area contributed by atoms with Crippen molar-refractivity contribution in [2.75, 3.05) is 25.6 Å². The fraction of sp³-hybridized carbons (Fsp3) is 1.00. The predicted octanol–water partition coefficient (Wildman–Crippen LogP) is -2.64. The van der Waals surface area contributed by atoms with Crippen molar-refractivity contribution in [3.8, 4) is 0 Å². The van der Waals surface area contributed by atoms with Crippen LogP contribution in [0.5, 0.6) is 0 Å². The molecule has 8 nitrogen and oxygen atoms in total. The molecular formula is C6H16O8SSi. The van der Waals surface area contributed by atoms with E-state index in [1.165, 1.54) is 0 Å². The number of aliphatic hydroxyl groups is 1. The van der Waals surface area contributed by atoms with E-state index in [2.05, 4.69) is 4.43 Å². The molecule has 0 aliphatic rings. The third-order valence-electron chi connectivity index (χ3n) is 1.41. The summed E-state index contributed by atoms with van der Waals surface area (Å²) in [5, 5.41) is 9.06. The summed E-state index contributed by atoms with van der Waals surface area (Å²) < 4.78 is 38.4. The van der Waals surface area contributed by atoms with Gasteiger partial charge < -0.3 is 23.9 Å². The highest BCUT2D eigenvalue weighted by Crippen LogP contribution is 1.93. The van der Waals surface area contributed by atoms with Crippen LogP contribution in [0.15, 0.2) is 0 Å². The Kier molecular flexibility index (Phi) is 8.05. The van der Waals surface area contributed by atoms with E-state index >= 15 is 0 Å². The zero-order valence-corrected chi connectivity index (χ0v) is 10.5. The lowest BCUT2D eigenvalue weighted by atomic mass is 10.4. The smallest absolute Gasteiger partial charge is 0.392 e. The van der Waals surface area contributed by atoms with Gasteiger partial charge in [-0.25, -0.2) is 0 Å². The summed E-state index contributed by atoms with van der Waals surface area (Å²) in [6, 6.07) is 0. The zero-order valence-electron chi connectivity index (χ0n) is 8.52. The normalized spacial score (nSPS) is 14.3. The molecule has 0 aliphatic carbocycles. The standard InChI is InChI=1S/C6H16O8SSi/c7-6(5-15(8,9)10)4-13-2-1-3-14-16(11)12/h6-7,11-12,16H,1-5H2,(H,8,9,10). The first-order chi connectivity index (χ1) is 7.31. The molecule has 0 aliphatic heterocycles. The molecule has 0 saturated carbocycles. The molecule has 0 amide bonds. The van der Waals surface area contributed by atoms with Crippen LogP contribution >= 0.6 is 0 Å². The fourth-order valence-corrected chi connectivity index (χ4v) is 1.82. The van der Waals surface area contributed by atoms with Gasteiger partial charge >= 0.3 is 9.53 Å². The van der Waals surface area contributed by atoms with Crippen molar-refractivity contribution in [2.45, 2.75) is 12.5 Å². The molecule has 1 unspecified atom stereocenters. The monoisotopic (exact) mass is 276 g/mol. The van der Waals surface area contributed by atoms with Gasteiger partial charge in [0.25, 0.3) is 10.1 Å². The first kappa shape index (κ1) is 15.9. The second-order valence-electron chi connectivity index (χ2n) is 3.03. The molecule has 0 aromatic heterocycles. The molecule has 0 heterocycles. The lowest BCUT2D eigenvalue weighted by Crippen LogP contribution is -2.25. The Morgan fingerprint density at radius 3 is 2.38 bits per heavy atom. The first-order valence-corrected chi connectivity index (χ1v) is 7.61. The maximum absolute atomic E-state index is 10.3. The van der Waals surface area contributed by atoms with Crippen molar-refractivity contribution >= 4 is 19.6 Å². The van der Waals surface area contributed by atoms with Gasteiger partial charge in [-0.1, -0.05) is 0 Å². The van der Waals surface area contributed by atoms with Crippen LogP contribution in [-0.2, 0) is 19.3 Å². The Morgan fingerprint density at radius 1 is 1.25 bits per heavy atom. The van der Waals surface area contributed by atoms with Crippen LogP contribution in [0.2, 0.25) is 0 Å². The number of hydrogen-bond donors (Lipinski definition) is 4. The van der Waals surface area contributed by atoms with Gasteiger partial charge in [-0.2, -0.15) is 8.42 Å². The van der Waals surface area contributed by atoms with Crippen molar-refractivity contribution in [3.05, 3.63) is 0 Å². The maximum atomic E-state index is 10.3. The van der Waals surface area contributed by atoms with Crippen molar-refractivity contribution in [2.24, 2.45) is 0 Å². The Labute approximate surface area is 95.2 Å². The van der Waals surface area contributed by atoms with Crippen LogP contribution in [0, 0.1) is 0 Å². The highest BCUT2D eigenvalue weighted by Gasteiger charge is 2.13. The highest BCUT2D eigenvalue weighted by molar-refractivity contribution is 7.85. The van der Waals surface area contributed by atoms with Gasteiger partial charge in [-0.3, -0.25) is 4.55 Å². The van der Waals surface area contributed by atoms with E-state index in [0.29, 0.717) is 6.42 Å².